The van der Waals surface area contributed by atoms with E-state index in [1.54, 1.807) is 43.8 Å². The molecular weight excluding hydrogens is 392 g/mol. The lowest BCUT2D eigenvalue weighted by Crippen LogP contribution is -2.39. The summed E-state index contributed by atoms with van der Waals surface area (Å²) < 4.78 is 10.8. The summed E-state index contributed by atoms with van der Waals surface area (Å²) in [5.74, 6) is 1.85. The Hall–Kier alpha value is -3.48. The summed E-state index contributed by atoms with van der Waals surface area (Å²) in [7, 11) is 1.61. The molecule has 1 atom stereocenters. The van der Waals surface area contributed by atoms with E-state index < -0.39 is 0 Å². The fourth-order valence-electron chi connectivity index (χ4n) is 3.87. The molecule has 4 rings (SSSR count). The van der Waals surface area contributed by atoms with Crippen LogP contribution < -0.4 is 14.8 Å². The monoisotopic (exact) mass is 418 g/mol. The molecular formula is C24H26N4O3. The van der Waals surface area contributed by atoms with Crippen LogP contribution in [0.4, 0.5) is 0 Å². The normalized spacial score (nSPS) is 16.8. The van der Waals surface area contributed by atoms with Crippen LogP contribution in [0.15, 0.2) is 55.0 Å². The van der Waals surface area contributed by atoms with Crippen LogP contribution in [0, 0.1) is 5.41 Å². The Morgan fingerprint density at radius 3 is 2.55 bits per heavy atom. The van der Waals surface area contributed by atoms with Crippen molar-refractivity contribution < 1.29 is 14.3 Å². The van der Waals surface area contributed by atoms with Crippen LogP contribution in [0.2, 0.25) is 0 Å². The lowest BCUT2D eigenvalue weighted by Gasteiger charge is -2.36. The molecule has 7 heteroatoms. The molecule has 0 saturated heterocycles. The molecule has 1 amide bonds. The zero-order valence-electron chi connectivity index (χ0n) is 18.0. The maximum Gasteiger partial charge on any atom is 0.258 e. The van der Waals surface area contributed by atoms with Crippen molar-refractivity contribution in [2.45, 2.75) is 32.7 Å². The van der Waals surface area contributed by atoms with Gasteiger partial charge in [-0.15, -0.1) is 0 Å². The number of carbonyl (C=O) groups excluding carboxylic acids is 1. The molecule has 0 bridgehead atoms. The van der Waals surface area contributed by atoms with Gasteiger partial charge in [0.2, 0.25) is 0 Å². The minimum Gasteiger partial charge on any atom is -0.497 e. The molecule has 0 radical (unpaired) electrons. The standard InChI is InChI=1S/C24H26N4O3/c1-24(2)12-20(27-22(29)15-31-18-6-4-17(30-3)5-7-18)19-14-26-23(28-21(19)13-24)16-8-10-25-11-9-16/h4-11,14,20H,12-13,15H2,1-3H3,(H,27,29). The van der Waals surface area contributed by atoms with Gasteiger partial charge in [0.15, 0.2) is 12.4 Å². The molecule has 0 aliphatic heterocycles. The topological polar surface area (TPSA) is 86.2 Å². The number of ether oxygens (including phenoxy) is 2. The number of hydrogen-bond donors (Lipinski definition) is 1. The second kappa shape index (κ2) is 8.71. The minimum atomic E-state index is -0.178. The van der Waals surface area contributed by atoms with Crippen LogP contribution in [-0.4, -0.2) is 34.6 Å². The van der Waals surface area contributed by atoms with Crippen LogP contribution >= 0.6 is 0 Å². The molecule has 7 nitrogen and oxygen atoms in total. The van der Waals surface area contributed by atoms with Crippen molar-refractivity contribution in [1.29, 1.82) is 0 Å². The van der Waals surface area contributed by atoms with Gasteiger partial charge in [0.25, 0.3) is 5.91 Å². The third-order valence-electron chi connectivity index (χ3n) is 5.38. The Morgan fingerprint density at radius 1 is 1.13 bits per heavy atom. The second-order valence-electron chi connectivity index (χ2n) is 8.46. The zero-order valence-corrected chi connectivity index (χ0v) is 18.0. The third kappa shape index (κ3) is 4.99. The molecule has 1 aromatic carbocycles. The number of rotatable bonds is 6. The fourth-order valence-corrected chi connectivity index (χ4v) is 3.87. The average Bonchev–Trinajstić information content (AvgIpc) is 2.77. The fraction of sp³-hybridized carbons (Fsp3) is 0.333. The van der Waals surface area contributed by atoms with Gasteiger partial charge >= 0.3 is 0 Å². The van der Waals surface area contributed by atoms with Gasteiger partial charge in [0, 0.05) is 29.7 Å². The summed E-state index contributed by atoms with van der Waals surface area (Å²) in [5, 5.41) is 3.10. The van der Waals surface area contributed by atoms with E-state index >= 15 is 0 Å². The number of hydrogen-bond acceptors (Lipinski definition) is 6. The first kappa shape index (κ1) is 20.8. The van der Waals surface area contributed by atoms with E-state index in [1.165, 1.54) is 0 Å². The lowest BCUT2D eigenvalue weighted by molar-refractivity contribution is -0.124. The maximum atomic E-state index is 12.6. The van der Waals surface area contributed by atoms with Gasteiger partial charge in [-0.05, 0) is 54.7 Å². The molecule has 160 valence electrons. The highest BCUT2D eigenvalue weighted by Gasteiger charge is 2.34. The number of fused-ring (bicyclic) bond motifs is 1. The van der Waals surface area contributed by atoms with E-state index in [0.29, 0.717) is 11.6 Å². The first-order chi connectivity index (χ1) is 14.9. The molecule has 1 aliphatic rings. The largest absolute Gasteiger partial charge is 0.497 e. The Balaban J connectivity index is 1.47. The zero-order chi connectivity index (χ0) is 21.8. The molecule has 3 aromatic rings. The van der Waals surface area contributed by atoms with Crippen molar-refractivity contribution in [2.75, 3.05) is 13.7 Å². The Kier molecular flexibility index (Phi) is 5.84. The molecule has 0 saturated carbocycles. The number of benzene rings is 1. The van der Waals surface area contributed by atoms with Crippen LogP contribution in [0.25, 0.3) is 11.4 Å². The molecule has 2 heterocycles. The van der Waals surface area contributed by atoms with Crippen LogP contribution in [0.5, 0.6) is 11.5 Å². The highest BCUT2D eigenvalue weighted by atomic mass is 16.5. The van der Waals surface area contributed by atoms with Crippen molar-refractivity contribution in [2.24, 2.45) is 5.41 Å². The number of nitrogens with zero attached hydrogens (tertiary/aromatic N) is 3. The predicted molar refractivity (Wildman–Crippen MR) is 117 cm³/mol. The molecule has 2 aromatic heterocycles. The van der Waals surface area contributed by atoms with E-state index in [-0.39, 0.29) is 24.0 Å². The summed E-state index contributed by atoms with van der Waals surface area (Å²) in [5.41, 5.74) is 2.87. The molecule has 1 unspecified atom stereocenters. The summed E-state index contributed by atoms with van der Waals surface area (Å²) in [6, 6.07) is 10.8. The highest BCUT2D eigenvalue weighted by Crippen LogP contribution is 2.40. The number of amides is 1. The SMILES string of the molecule is COc1ccc(OCC(=O)NC2CC(C)(C)Cc3nc(-c4ccncc4)ncc32)cc1. The summed E-state index contributed by atoms with van der Waals surface area (Å²) >= 11 is 0. The van der Waals surface area contributed by atoms with Crippen molar-refractivity contribution >= 4 is 5.91 Å². The second-order valence-corrected chi connectivity index (χ2v) is 8.46. The quantitative estimate of drug-likeness (QED) is 0.656. The number of pyridine rings is 1. The van der Waals surface area contributed by atoms with Gasteiger partial charge in [-0.3, -0.25) is 9.78 Å². The maximum absolute atomic E-state index is 12.6. The number of carbonyl (C=O) groups is 1. The summed E-state index contributed by atoms with van der Waals surface area (Å²) in [6.07, 6.45) is 6.94. The Bertz CT molecular complexity index is 1050. The van der Waals surface area contributed by atoms with Crippen molar-refractivity contribution in [3.63, 3.8) is 0 Å². The van der Waals surface area contributed by atoms with E-state index in [0.717, 1.165) is 35.4 Å². The van der Waals surface area contributed by atoms with Crippen molar-refractivity contribution in [3.8, 4) is 22.9 Å². The van der Waals surface area contributed by atoms with Gasteiger partial charge in [0.1, 0.15) is 11.5 Å². The molecule has 1 N–H and O–H groups in total. The molecule has 0 spiro atoms. The average molecular weight is 418 g/mol. The van der Waals surface area contributed by atoms with E-state index in [2.05, 4.69) is 29.1 Å². The predicted octanol–water partition coefficient (Wildman–Crippen LogP) is 3.76. The Labute approximate surface area is 181 Å². The van der Waals surface area contributed by atoms with Crippen LogP contribution in [0.3, 0.4) is 0 Å². The van der Waals surface area contributed by atoms with Gasteiger partial charge in [-0.2, -0.15) is 0 Å². The minimum absolute atomic E-state index is 0.00561. The number of methoxy groups -OCH3 is 1. The van der Waals surface area contributed by atoms with Gasteiger partial charge in [0.05, 0.1) is 18.8 Å². The van der Waals surface area contributed by atoms with E-state index in [4.69, 9.17) is 14.5 Å². The third-order valence-corrected chi connectivity index (χ3v) is 5.38. The summed E-state index contributed by atoms with van der Waals surface area (Å²) in [4.78, 5) is 26.0. The number of aromatic nitrogens is 3. The van der Waals surface area contributed by atoms with Crippen LogP contribution in [0.1, 0.15) is 37.6 Å². The summed E-state index contributed by atoms with van der Waals surface area (Å²) in [6.45, 7) is 4.32. The Morgan fingerprint density at radius 2 is 1.84 bits per heavy atom. The van der Waals surface area contributed by atoms with Crippen molar-refractivity contribution in [3.05, 3.63) is 66.2 Å². The van der Waals surface area contributed by atoms with E-state index in [9.17, 15) is 4.79 Å². The van der Waals surface area contributed by atoms with Gasteiger partial charge in [-0.25, -0.2) is 9.97 Å². The lowest BCUT2D eigenvalue weighted by atomic mass is 9.74. The van der Waals surface area contributed by atoms with Gasteiger partial charge in [-0.1, -0.05) is 13.8 Å². The highest BCUT2D eigenvalue weighted by molar-refractivity contribution is 5.78. The van der Waals surface area contributed by atoms with Crippen LogP contribution in [-0.2, 0) is 11.2 Å². The molecule has 31 heavy (non-hydrogen) atoms. The molecule has 1 aliphatic carbocycles. The van der Waals surface area contributed by atoms with Crippen molar-refractivity contribution in [1.82, 2.24) is 20.3 Å². The molecule has 0 fully saturated rings. The van der Waals surface area contributed by atoms with E-state index in [1.807, 2.05) is 18.3 Å². The first-order valence-electron chi connectivity index (χ1n) is 10.3. The van der Waals surface area contributed by atoms with Gasteiger partial charge < -0.3 is 14.8 Å². The first-order valence-corrected chi connectivity index (χ1v) is 10.3. The smallest absolute Gasteiger partial charge is 0.258 e. The number of nitrogens with one attached hydrogen (secondary N) is 1.